The Morgan fingerprint density at radius 2 is 2.20 bits per heavy atom. The van der Waals surface area contributed by atoms with Gasteiger partial charge in [0.25, 0.3) is 0 Å². The first-order valence-corrected chi connectivity index (χ1v) is 6.64. The number of hydrogen-bond donors (Lipinski definition) is 2. The summed E-state index contributed by atoms with van der Waals surface area (Å²) in [5.74, 6) is 1.15. The Bertz CT molecular complexity index is 197. The van der Waals surface area contributed by atoms with Gasteiger partial charge in [0.05, 0.1) is 6.04 Å². The van der Waals surface area contributed by atoms with Crippen molar-refractivity contribution in [3.8, 4) is 0 Å². The largest absolute Gasteiger partial charge is 0.351 e. The van der Waals surface area contributed by atoms with E-state index < -0.39 is 0 Å². The standard InChI is InChI=1S/C11H22N2OS/c1-5-7-12-11(14)10(3)13-9(2)6-8-15-4/h5,9-10,13H,1,6-8H2,2-4H3,(H,12,14). The van der Waals surface area contributed by atoms with Gasteiger partial charge in [-0.15, -0.1) is 6.58 Å². The van der Waals surface area contributed by atoms with Crippen LogP contribution in [0.25, 0.3) is 0 Å². The van der Waals surface area contributed by atoms with E-state index in [-0.39, 0.29) is 11.9 Å². The summed E-state index contributed by atoms with van der Waals surface area (Å²) in [6.45, 7) is 8.07. The number of carbonyl (C=O) groups excluding carboxylic acids is 1. The van der Waals surface area contributed by atoms with Crippen LogP contribution in [0.2, 0.25) is 0 Å². The molecule has 2 unspecified atom stereocenters. The van der Waals surface area contributed by atoms with Crippen LogP contribution in [-0.4, -0.2) is 36.5 Å². The summed E-state index contributed by atoms with van der Waals surface area (Å²) in [6, 6.07) is 0.240. The Balaban J connectivity index is 3.74. The van der Waals surface area contributed by atoms with Gasteiger partial charge in [-0.25, -0.2) is 0 Å². The van der Waals surface area contributed by atoms with E-state index in [1.165, 1.54) is 0 Å². The number of hydrogen-bond acceptors (Lipinski definition) is 3. The maximum Gasteiger partial charge on any atom is 0.237 e. The fourth-order valence-corrected chi connectivity index (χ4v) is 1.80. The summed E-state index contributed by atoms with van der Waals surface area (Å²) in [5.41, 5.74) is 0. The second-order valence-corrected chi connectivity index (χ2v) is 4.59. The Kier molecular flexibility index (Phi) is 8.52. The molecule has 3 nitrogen and oxygen atoms in total. The molecule has 0 aliphatic rings. The van der Waals surface area contributed by atoms with Gasteiger partial charge >= 0.3 is 0 Å². The minimum atomic E-state index is -0.137. The summed E-state index contributed by atoms with van der Waals surface area (Å²) >= 11 is 1.83. The van der Waals surface area contributed by atoms with Gasteiger partial charge in [0, 0.05) is 12.6 Å². The molecule has 0 fully saturated rings. The summed E-state index contributed by atoms with van der Waals surface area (Å²) in [4.78, 5) is 11.5. The monoisotopic (exact) mass is 230 g/mol. The van der Waals surface area contributed by atoms with Crippen molar-refractivity contribution in [3.63, 3.8) is 0 Å². The van der Waals surface area contributed by atoms with E-state index >= 15 is 0 Å². The van der Waals surface area contributed by atoms with Crippen LogP contribution in [0, 0.1) is 0 Å². The Labute approximate surface area is 97.1 Å². The maximum absolute atomic E-state index is 11.5. The molecular weight excluding hydrogens is 208 g/mol. The average molecular weight is 230 g/mol. The highest BCUT2D eigenvalue weighted by atomic mass is 32.2. The maximum atomic E-state index is 11.5. The number of nitrogens with one attached hydrogen (secondary N) is 2. The molecule has 0 saturated heterocycles. The normalized spacial score (nSPS) is 14.3. The highest BCUT2D eigenvalue weighted by Crippen LogP contribution is 2.00. The van der Waals surface area contributed by atoms with Crippen LogP contribution in [0.15, 0.2) is 12.7 Å². The molecule has 0 rings (SSSR count). The van der Waals surface area contributed by atoms with E-state index in [0.717, 1.165) is 12.2 Å². The second-order valence-electron chi connectivity index (χ2n) is 3.60. The van der Waals surface area contributed by atoms with Crippen molar-refractivity contribution < 1.29 is 4.79 Å². The first kappa shape index (κ1) is 14.5. The van der Waals surface area contributed by atoms with Crippen molar-refractivity contribution >= 4 is 17.7 Å². The van der Waals surface area contributed by atoms with Crippen molar-refractivity contribution in [1.82, 2.24) is 10.6 Å². The lowest BCUT2D eigenvalue weighted by atomic mass is 10.2. The van der Waals surface area contributed by atoms with Gasteiger partial charge in [0.1, 0.15) is 0 Å². The summed E-state index contributed by atoms with van der Waals surface area (Å²) in [7, 11) is 0. The van der Waals surface area contributed by atoms with Crippen molar-refractivity contribution in [2.75, 3.05) is 18.6 Å². The summed E-state index contributed by atoms with van der Waals surface area (Å²) in [5, 5.41) is 6.03. The van der Waals surface area contributed by atoms with Gasteiger partial charge in [-0.3, -0.25) is 4.79 Å². The first-order valence-electron chi connectivity index (χ1n) is 5.25. The smallest absolute Gasteiger partial charge is 0.237 e. The zero-order valence-electron chi connectivity index (χ0n) is 9.88. The molecule has 15 heavy (non-hydrogen) atoms. The predicted octanol–water partition coefficient (Wildman–Crippen LogP) is 1.41. The van der Waals surface area contributed by atoms with Gasteiger partial charge < -0.3 is 10.6 Å². The number of carbonyl (C=O) groups is 1. The fraction of sp³-hybridized carbons (Fsp3) is 0.727. The Morgan fingerprint density at radius 1 is 1.53 bits per heavy atom. The SMILES string of the molecule is C=CCNC(=O)C(C)NC(C)CCSC. The molecule has 0 saturated carbocycles. The molecule has 0 bridgehead atoms. The molecule has 0 aromatic heterocycles. The Morgan fingerprint density at radius 3 is 2.73 bits per heavy atom. The molecule has 0 aromatic rings. The number of rotatable bonds is 8. The zero-order chi connectivity index (χ0) is 11.7. The third-order valence-corrected chi connectivity index (χ3v) is 2.75. The van der Waals surface area contributed by atoms with E-state index in [4.69, 9.17) is 0 Å². The van der Waals surface area contributed by atoms with E-state index in [9.17, 15) is 4.79 Å². The highest BCUT2D eigenvalue weighted by molar-refractivity contribution is 7.98. The zero-order valence-corrected chi connectivity index (χ0v) is 10.7. The first-order chi connectivity index (χ1) is 7.11. The minimum Gasteiger partial charge on any atom is -0.351 e. The molecular formula is C11H22N2OS. The molecule has 4 heteroatoms. The highest BCUT2D eigenvalue weighted by Gasteiger charge is 2.13. The summed E-state index contributed by atoms with van der Waals surface area (Å²) < 4.78 is 0. The van der Waals surface area contributed by atoms with Crippen LogP contribution in [-0.2, 0) is 4.79 Å². The molecule has 0 aliphatic carbocycles. The van der Waals surface area contributed by atoms with E-state index in [1.807, 2.05) is 18.7 Å². The van der Waals surface area contributed by atoms with Crippen LogP contribution >= 0.6 is 11.8 Å². The molecule has 88 valence electrons. The van der Waals surface area contributed by atoms with Gasteiger partial charge in [-0.1, -0.05) is 6.08 Å². The fourth-order valence-electron chi connectivity index (χ4n) is 1.21. The average Bonchev–Trinajstić information content (AvgIpc) is 2.22. The van der Waals surface area contributed by atoms with Crippen LogP contribution in [0.3, 0.4) is 0 Å². The van der Waals surface area contributed by atoms with Crippen molar-refractivity contribution in [3.05, 3.63) is 12.7 Å². The van der Waals surface area contributed by atoms with Crippen LogP contribution < -0.4 is 10.6 Å². The van der Waals surface area contributed by atoms with E-state index in [2.05, 4.69) is 30.4 Å². The molecule has 0 radical (unpaired) electrons. The van der Waals surface area contributed by atoms with Crippen LogP contribution in [0.1, 0.15) is 20.3 Å². The topological polar surface area (TPSA) is 41.1 Å². The summed E-state index contributed by atoms with van der Waals surface area (Å²) in [6.07, 6.45) is 4.86. The third kappa shape index (κ3) is 7.45. The van der Waals surface area contributed by atoms with Gasteiger partial charge in [-0.05, 0) is 32.3 Å². The van der Waals surface area contributed by atoms with Crippen molar-refractivity contribution in [2.24, 2.45) is 0 Å². The molecule has 1 amide bonds. The van der Waals surface area contributed by atoms with Crippen LogP contribution in [0.4, 0.5) is 0 Å². The predicted molar refractivity (Wildman–Crippen MR) is 68.3 cm³/mol. The van der Waals surface area contributed by atoms with Gasteiger partial charge in [0.15, 0.2) is 0 Å². The van der Waals surface area contributed by atoms with E-state index in [1.54, 1.807) is 6.08 Å². The lowest BCUT2D eigenvalue weighted by Gasteiger charge is -2.18. The lowest BCUT2D eigenvalue weighted by molar-refractivity contribution is -0.122. The van der Waals surface area contributed by atoms with E-state index in [0.29, 0.717) is 12.6 Å². The molecule has 2 atom stereocenters. The second kappa shape index (κ2) is 8.80. The quantitative estimate of drug-likeness (QED) is 0.619. The Hall–Kier alpha value is -0.480. The number of thioether (sulfide) groups is 1. The lowest BCUT2D eigenvalue weighted by Crippen LogP contribution is -2.45. The third-order valence-electron chi connectivity index (χ3n) is 2.10. The molecule has 0 spiro atoms. The van der Waals surface area contributed by atoms with Crippen molar-refractivity contribution in [2.45, 2.75) is 32.4 Å². The van der Waals surface area contributed by atoms with Gasteiger partial charge in [-0.2, -0.15) is 11.8 Å². The van der Waals surface area contributed by atoms with Gasteiger partial charge in [0.2, 0.25) is 5.91 Å². The minimum absolute atomic E-state index is 0.0332. The number of amides is 1. The van der Waals surface area contributed by atoms with Crippen molar-refractivity contribution in [1.29, 1.82) is 0 Å². The molecule has 0 heterocycles. The molecule has 0 aliphatic heterocycles. The molecule has 2 N–H and O–H groups in total. The van der Waals surface area contributed by atoms with Crippen LogP contribution in [0.5, 0.6) is 0 Å². The molecule has 0 aromatic carbocycles.